The van der Waals surface area contributed by atoms with Crippen LogP contribution in [0.1, 0.15) is 47.0 Å². The van der Waals surface area contributed by atoms with Gasteiger partial charge < -0.3 is 0 Å². The van der Waals surface area contributed by atoms with Crippen LogP contribution in [-0.2, 0) is 0 Å². The number of thiol groups is 1. The molecule has 16 heavy (non-hydrogen) atoms. The first-order valence-electron chi connectivity index (χ1n) is 6.13. The van der Waals surface area contributed by atoms with E-state index in [9.17, 15) is 0 Å². The van der Waals surface area contributed by atoms with Crippen LogP contribution in [0.5, 0.6) is 0 Å². The molecule has 0 nitrogen and oxygen atoms in total. The largest absolute Gasteiger partial charge is 0.175 e. The predicted molar refractivity (Wildman–Crippen MR) is 77.1 cm³/mol. The van der Waals surface area contributed by atoms with Gasteiger partial charge in [-0.15, -0.1) is 0 Å². The highest BCUT2D eigenvalue weighted by Crippen LogP contribution is 2.40. The fourth-order valence-corrected chi connectivity index (χ4v) is 2.73. The number of hydrogen-bond donors (Lipinski definition) is 1. The second-order valence-corrected chi connectivity index (χ2v) is 5.76. The van der Waals surface area contributed by atoms with Crippen LogP contribution in [-0.4, -0.2) is 5.75 Å². The normalized spacial score (nSPS) is 21.9. The second-order valence-electron chi connectivity index (χ2n) is 5.40. The maximum atomic E-state index is 4.21. The standard InChI is InChI=1S/C15H24S/c1-12(9-11-16)7-8-14-13(2)6-5-10-15(14,3)4/h7-9,16H,5-6,10-11H2,1-4H3/b8-7+,12-9+. The topological polar surface area (TPSA) is 0 Å². The minimum atomic E-state index is 0.347. The second kappa shape index (κ2) is 5.77. The van der Waals surface area contributed by atoms with Gasteiger partial charge in [0.1, 0.15) is 0 Å². The molecule has 0 unspecified atom stereocenters. The Labute approximate surface area is 106 Å². The summed E-state index contributed by atoms with van der Waals surface area (Å²) in [7, 11) is 0. The molecule has 1 aliphatic carbocycles. The Morgan fingerprint density at radius 2 is 2.12 bits per heavy atom. The van der Waals surface area contributed by atoms with Crippen molar-refractivity contribution in [2.75, 3.05) is 5.75 Å². The van der Waals surface area contributed by atoms with Crippen LogP contribution >= 0.6 is 12.6 Å². The molecule has 0 fully saturated rings. The third kappa shape index (κ3) is 3.55. The predicted octanol–water partition coefficient (Wildman–Crippen LogP) is 4.95. The third-order valence-electron chi connectivity index (χ3n) is 3.47. The lowest BCUT2D eigenvalue weighted by Crippen LogP contribution is -2.19. The first-order chi connectivity index (χ1) is 7.47. The van der Waals surface area contributed by atoms with Crippen LogP contribution in [0.25, 0.3) is 0 Å². The van der Waals surface area contributed by atoms with Gasteiger partial charge in [-0.1, -0.05) is 43.2 Å². The van der Waals surface area contributed by atoms with E-state index in [1.54, 1.807) is 5.57 Å². The average Bonchev–Trinajstić information content (AvgIpc) is 2.16. The van der Waals surface area contributed by atoms with Crippen LogP contribution in [0.15, 0.2) is 34.9 Å². The van der Waals surface area contributed by atoms with Crippen molar-refractivity contribution in [3.05, 3.63) is 34.9 Å². The zero-order valence-electron chi connectivity index (χ0n) is 11.0. The molecule has 0 N–H and O–H groups in total. The zero-order valence-corrected chi connectivity index (χ0v) is 11.9. The molecule has 0 radical (unpaired) electrons. The summed E-state index contributed by atoms with van der Waals surface area (Å²) in [4.78, 5) is 0. The maximum absolute atomic E-state index is 4.21. The molecule has 1 rings (SSSR count). The summed E-state index contributed by atoms with van der Waals surface area (Å²) in [5.41, 5.74) is 4.74. The highest BCUT2D eigenvalue weighted by Gasteiger charge is 2.26. The molecule has 0 spiro atoms. The lowest BCUT2D eigenvalue weighted by Gasteiger charge is -2.32. The van der Waals surface area contributed by atoms with Gasteiger partial charge in [0.2, 0.25) is 0 Å². The van der Waals surface area contributed by atoms with Gasteiger partial charge in [0.25, 0.3) is 0 Å². The molecule has 1 heteroatoms. The lowest BCUT2D eigenvalue weighted by atomic mass is 9.72. The molecule has 90 valence electrons. The van der Waals surface area contributed by atoms with Crippen LogP contribution in [0.2, 0.25) is 0 Å². The first kappa shape index (κ1) is 13.6. The minimum Gasteiger partial charge on any atom is -0.175 e. The van der Waals surface area contributed by atoms with Gasteiger partial charge >= 0.3 is 0 Å². The molecular weight excluding hydrogens is 212 g/mol. The van der Waals surface area contributed by atoms with Crippen molar-refractivity contribution in [1.29, 1.82) is 0 Å². The number of allylic oxidation sites excluding steroid dienone is 5. The molecule has 0 atom stereocenters. The maximum Gasteiger partial charge on any atom is 0.00882 e. The third-order valence-corrected chi connectivity index (χ3v) is 3.65. The quantitative estimate of drug-likeness (QED) is 0.520. The van der Waals surface area contributed by atoms with Crippen molar-refractivity contribution < 1.29 is 0 Å². The Bertz CT molecular complexity index is 329. The summed E-state index contributed by atoms with van der Waals surface area (Å²) in [6.45, 7) is 9.12. The molecular formula is C15H24S. The Kier molecular flexibility index (Phi) is 4.91. The Hall–Kier alpha value is -0.430. The van der Waals surface area contributed by atoms with Gasteiger partial charge in [-0.3, -0.25) is 0 Å². The first-order valence-corrected chi connectivity index (χ1v) is 6.76. The zero-order chi connectivity index (χ0) is 12.2. The number of hydrogen-bond acceptors (Lipinski definition) is 1. The van der Waals surface area contributed by atoms with Gasteiger partial charge in [-0.2, -0.15) is 12.6 Å². The highest BCUT2D eigenvalue weighted by atomic mass is 32.1. The van der Waals surface area contributed by atoms with Crippen molar-refractivity contribution in [2.24, 2.45) is 5.41 Å². The van der Waals surface area contributed by atoms with Crippen molar-refractivity contribution >= 4 is 12.6 Å². The van der Waals surface area contributed by atoms with E-state index in [-0.39, 0.29) is 0 Å². The van der Waals surface area contributed by atoms with Gasteiger partial charge in [-0.05, 0) is 44.1 Å². The smallest absolute Gasteiger partial charge is 0.00882 e. The SMILES string of the molecule is CC1=C(/C=C/C(C)=C/CS)C(C)(C)CCC1. The highest BCUT2D eigenvalue weighted by molar-refractivity contribution is 7.80. The van der Waals surface area contributed by atoms with E-state index in [1.165, 1.54) is 30.4 Å². The summed E-state index contributed by atoms with van der Waals surface area (Å²) in [6.07, 6.45) is 10.6. The molecule has 0 aromatic heterocycles. The van der Waals surface area contributed by atoms with Crippen molar-refractivity contribution in [2.45, 2.75) is 47.0 Å². The van der Waals surface area contributed by atoms with Crippen LogP contribution in [0.4, 0.5) is 0 Å². The molecule has 0 aliphatic heterocycles. The molecule has 0 saturated carbocycles. The van der Waals surface area contributed by atoms with E-state index in [1.807, 2.05) is 0 Å². The fraction of sp³-hybridized carbons (Fsp3) is 0.600. The van der Waals surface area contributed by atoms with Crippen LogP contribution in [0.3, 0.4) is 0 Å². The molecule has 0 heterocycles. The average molecular weight is 236 g/mol. The van der Waals surface area contributed by atoms with Crippen molar-refractivity contribution in [3.8, 4) is 0 Å². The summed E-state index contributed by atoms with van der Waals surface area (Å²) in [5, 5.41) is 0. The summed E-state index contributed by atoms with van der Waals surface area (Å²) in [5.74, 6) is 0.817. The molecule has 0 saturated heterocycles. The van der Waals surface area contributed by atoms with E-state index in [4.69, 9.17) is 0 Å². The van der Waals surface area contributed by atoms with E-state index in [0.29, 0.717) is 5.41 Å². The molecule has 1 aliphatic rings. The Balaban J connectivity index is 2.89. The van der Waals surface area contributed by atoms with Gasteiger partial charge in [0.05, 0.1) is 0 Å². The molecule has 0 aromatic rings. The van der Waals surface area contributed by atoms with E-state index < -0.39 is 0 Å². The monoisotopic (exact) mass is 236 g/mol. The van der Waals surface area contributed by atoms with E-state index in [2.05, 4.69) is 58.6 Å². The van der Waals surface area contributed by atoms with E-state index in [0.717, 1.165) is 5.75 Å². The summed E-state index contributed by atoms with van der Waals surface area (Å²) < 4.78 is 0. The minimum absolute atomic E-state index is 0.347. The molecule has 0 amide bonds. The van der Waals surface area contributed by atoms with Crippen LogP contribution in [0, 0.1) is 5.41 Å². The summed E-state index contributed by atoms with van der Waals surface area (Å²) >= 11 is 4.21. The number of rotatable bonds is 3. The lowest BCUT2D eigenvalue weighted by molar-refractivity contribution is 0.377. The summed E-state index contributed by atoms with van der Waals surface area (Å²) in [6, 6.07) is 0. The Morgan fingerprint density at radius 3 is 2.69 bits per heavy atom. The molecule has 0 bridgehead atoms. The van der Waals surface area contributed by atoms with Gasteiger partial charge in [0, 0.05) is 5.75 Å². The van der Waals surface area contributed by atoms with Gasteiger partial charge in [0.15, 0.2) is 0 Å². The molecule has 0 aromatic carbocycles. The Morgan fingerprint density at radius 1 is 1.44 bits per heavy atom. The van der Waals surface area contributed by atoms with E-state index >= 15 is 0 Å². The van der Waals surface area contributed by atoms with Crippen LogP contribution < -0.4 is 0 Å². The fourth-order valence-electron chi connectivity index (χ4n) is 2.44. The van der Waals surface area contributed by atoms with Crippen molar-refractivity contribution in [1.82, 2.24) is 0 Å². The van der Waals surface area contributed by atoms with Crippen molar-refractivity contribution in [3.63, 3.8) is 0 Å². The van der Waals surface area contributed by atoms with Gasteiger partial charge in [-0.25, -0.2) is 0 Å².